The second-order valence-corrected chi connectivity index (χ2v) is 7.37. The first-order chi connectivity index (χ1) is 6.42. The van der Waals surface area contributed by atoms with Crippen molar-refractivity contribution >= 4 is 9.04 Å². The van der Waals surface area contributed by atoms with Crippen molar-refractivity contribution in [3.8, 4) is 0 Å². The van der Waals surface area contributed by atoms with Crippen molar-refractivity contribution in [3.63, 3.8) is 0 Å². The van der Waals surface area contributed by atoms with Gasteiger partial charge in [-0.3, -0.25) is 0 Å². The van der Waals surface area contributed by atoms with Crippen molar-refractivity contribution in [2.75, 3.05) is 7.11 Å². The van der Waals surface area contributed by atoms with Gasteiger partial charge >= 0.3 is 0 Å². The average Bonchev–Trinajstić information content (AvgIpc) is 2.76. The Morgan fingerprint density at radius 2 is 2.08 bits per heavy atom. The van der Waals surface area contributed by atoms with Gasteiger partial charge in [-0.15, -0.1) is 0 Å². The van der Waals surface area contributed by atoms with Crippen LogP contribution in [0.3, 0.4) is 0 Å². The Labute approximate surface area is 82.9 Å². The van der Waals surface area contributed by atoms with Crippen LogP contribution < -0.4 is 0 Å². The van der Waals surface area contributed by atoms with Crippen LogP contribution in [0.1, 0.15) is 44.9 Å². The fraction of sp³-hybridized carbons (Fsp3) is 0.818. The fourth-order valence-electron chi connectivity index (χ4n) is 2.86. The first kappa shape index (κ1) is 9.47. The molecular weight excluding hydrogens is 176 g/mol. The normalized spacial score (nSPS) is 26.4. The Morgan fingerprint density at radius 3 is 2.62 bits per heavy atom. The van der Waals surface area contributed by atoms with Gasteiger partial charge in [-0.2, -0.15) is 0 Å². The second-order valence-electron chi connectivity index (χ2n) is 4.37. The van der Waals surface area contributed by atoms with E-state index in [4.69, 9.17) is 4.43 Å². The van der Waals surface area contributed by atoms with Gasteiger partial charge in [0.15, 0.2) is 0 Å². The van der Waals surface area contributed by atoms with Gasteiger partial charge in [0, 0.05) is 7.11 Å². The van der Waals surface area contributed by atoms with Gasteiger partial charge in [-0.25, -0.2) is 0 Å². The second kappa shape index (κ2) is 4.42. The molecule has 0 amide bonds. The molecule has 74 valence electrons. The largest absolute Gasteiger partial charge is 0.419 e. The van der Waals surface area contributed by atoms with E-state index in [0.29, 0.717) is 0 Å². The molecule has 1 atom stereocenters. The van der Waals surface area contributed by atoms with Crippen LogP contribution in [-0.2, 0) is 4.43 Å². The zero-order valence-electron chi connectivity index (χ0n) is 8.59. The Kier molecular flexibility index (Phi) is 3.22. The summed E-state index contributed by atoms with van der Waals surface area (Å²) < 4.78 is 5.79. The van der Waals surface area contributed by atoms with Gasteiger partial charge < -0.3 is 4.43 Å². The highest BCUT2D eigenvalue weighted by Crippen LogP contribution is 2.37. The summed E-state index contributed by atoms with van der Waals surface area (Å²) in [6.45, 7) is 0. The molecule has 2 aliphatic carbocycles. The van der Waals surface area contributed by atoms with Gasteiger partial charge in [-0.05, 0) is 24.8 Å². The highest BCUT2D eigenvalue weighted by Gasteiger charge is 2.30. The van der Waals surface area contributed by atoms with Gasteiger partial charge in [-0.1, -0.05) is 37.0 Å². The third-order valence-corrected chi connectivity index (χ3v) is 6.81. The minimum absolute atomic E-state index is 0.957. The Hall–Kier alpha value is -0.0831. The highest BCUT2D eigenvalue weighted by molar-refractivity contribution is 6.62. The molecule has 2 aliphatic rings. The summed E-state index contributed by atoms with van der Waals surface area (Å²) in [7, 11) is 0.982. The molecule has 0 heterocycles. The number of allylic oxidation sites excluding steroid dienone is 2. The highest BCUT2D eigenvalue weighted by atomic mass is 28.3. The molecule has 0 aromatic rings. The molecule has 1 fully saturated rings. The van der Waals surface area contributed by atoms with Crippen molar-refractivity contribution in [1.29, 1.82) is 0 Å². The predicted molar refractivity (Wildman–Crippen MR) is 58.3 cm³/mol. The van der Waals surface area contributed by atoms with E-state index in [-0.39, 0.29) is 0 Å². The first-order valence-electron chi connectivity index (χ1n) is 5.63. The summed E-state index contributed by atoms with van der Waals surface area (Å²) in [6.07, 6.45) is 12.3. The molecule has 2 rings (SSSR count). The molecule has 1 nitrogen and oxygen atoms in total. The molecule has 1 saturated carbocycles. The average molecular weight is 196 g/mol. The monoisotopic (exact) mass is 196 g/mol. The molecule has 0 aromatic heterocycles. The van der Waals surface area contributed by atoms with E-state index >= 15 is 0 Å². The fourth-order valence-corrected chi connectivity index (χ4v) is 6.12. The summed E-state index contributed by atoms with van der Waals surface area (Å²) >= 11 is 0. The van der Waals surface area contributed by atoms with Crippen LogP contribution in [0.4, 0.5) is 0 Å². The predicted octanol–water partition coefficient (Wildman–Crippen LogP) is 2.95. The van der Waals surface area contributed by atoms with E-state index in [9.17, 15) is 0 Å². The maximum Gasteiger partial charge on any atom is 0.206 e. The SMILES string of the molecule is CO[SiH](C1=CCCC1)C1CCCC1. The summed E-state index contributed by atoms with van der Waals surface area (Å²) in [5.74, 6) is 0. The van der Waals surface area contributed by atoms with Crippen LogP contribution in [0.5, 0.6) is 0 Å². The van der Waals surface area contributed by atoms with Gasteiger partial charge in [0.25, 0.3) is 0 Å². The third kappa shape index (κ3) is 2.05. The van der Waals surface area contributed by atoms with Crippen molar-refractivity contribution < 1.29 is 4.43 Å². The summed E-state index contributed by atoms with van der Waals surface area (Å²) in [6, 6.07) is 0. The third-order valence-electron chi connectivity index (χ3n) is 3.52. The topological polar surface area (TPSA) is 9.23 Å². The van der Waals surface area contributed by atoms with Crippen LogP contribution in [0, 0.1) is 0 Å². The molecule has 1 unspecified atom stereocenters. The number of rotatable bonds is 3. The lowest BCUT2D eigenvalue weighted by Gasteiger charge is -2.21. The molecule has 0 aromatic carbocycles. The van der Waals surface area contributed by atoms with Crippen LogP contribution in [0.25, 0.3) is 0 Å². The Balaban J connectivity index is 1.98. The maximum atomic E-state index is 5.79. The minimum Gasteiger partial charge on any atom is -0.419 e. The molecule has 0 N–H and O–H groups in total. The van der Waals surface area contributed by atoms with Crippen LogP contribution in [0.15, 0.2) is 11.3 Å². The molecule has 0 aliphatic heterocycles. The number of hydrogen-bond acceptors (Lipinski definition) is 1. The first-order valence-corrected chi connectivity index (χ1v) is 7.35. The maximum absolute atomic E-state index is 5.79. The van der Waals surface area contributed by atoms with Crippen molar-refractivity contribution in [2.24, 2.45) is 0 Å². The van der Waals surface area contributed by atoms with Gasteiger partial charge in [0.05, 0.1) is 0 Å². The molecule has 13 heavy (non-hydrogen) atoms. The standard InChI is InChI=1S/C11H20OSi/c1-12-13(10-6-2-3-7-10)11-8-4-5-9-11/h6,11,13H,2-5,7-9H2,1H3. The minimum atomic E-state index is -0.957. The molecule has 0 spiro atoms. The quantitative estimate of drug-likeness (QED) is 0.631. The lowest BCUT2D eigenvalue weighted by atomic mass is 10.4. The van der Waals surface area contributed by atoms with Crippen molar-refractivity contribution in [2.45, 2.75) is 50.5 Å². The molecule has 0 bridgehead atoms. The van der Waals surface area contributed by atoms with Gasteiger partial charge in [0.1, 0.15) is 0 Å². The van der Waals surface area contributed by atoms with Crippen LogP contribution in [0.2, 0.25) is 5.54 Å². The van der Waals surface area contributed by atoms with E-state index in [1.165, 1.54) is 44.9 Å². The van der Waals surface area contributed by atoms with Crippen LogP contribution in [-0.4, -0.2) is 16.2 Å². The van der Waals surface area contributed by atoms with Gasteiger partial charge in [0.2, 0.25) is 9.04 Å². The summed E-state index contributed by atoms with van der Waals surface area (Å²) in [5.41, 5.74) is 0.967. The van der Waals surface area contributed by atoms with Crippen LogP contribution >= 0.6 is 0 Å². The van der Waals surface area contributed by atoms with E-state index in [2.05, 4.69) is 6.08 Å². The molecular formula is C11H20OSi. The Bertz CT molecular complexity index is 194. The zero-order valence-corrected chi connectivity index (χ0v) is 9.74. The van der Waals surface area contributed by atoms with E-state index < -0.39 is 9.04 Å². The molecule has 2 heteroatoms. The lowest BCUT2D eigenvalue weighted by Crippen LogP contribution is -2.24. The molecule has 0 radical (unpaired) electrons. The van der Waals surface area contributed by atoms with E-state index in [1.54, 1.807) is 5.20 Å². The van der Waals surface area contributed by atoms with Crippen molar-refractivity contribution in [3.05, 3.63) is 11.3 Å². The summed E-state index contributed by atoms with van der Waals surface area (Å²) in [4.78, 5) is 0. The zero-order chi connectivity index (χ0) is 9.10. The lowest BCUT2D eigenvalue weighted by molar-refractivity contribution is 0.411. The van der Waals surface area contributed by atoms with E-state index in [0.717, 1.165) is 5.54 Å². The summed E-state index contributed by atoms with van der Waals surface area (Å²) in [5, 5.41) is 1.73. The van der Waals surface area contributed by atoms with E-state index in [1.807, 2.05) is 7.11 Å². The Morgan fingerprint density at radius 1 is 1.31 bits per heavy atom. The van der Waals surface area contributed by atoms with Crippen molar-refractivity contribution in [1.82, 2.24) is 0 Å². The molecule has 0 saturated heterocycles. The smallest absolute Gasteiger partial charge is 0.206 e. The number of hydrogen-bond donors (Lipinski definition) is 0.